The van der Waals surface area contributed by atoms with E-state index < -0.39 is 24.2 Å². The van der Waals surface area contributed by atoms with Crippen LogP contribution in [0.1, 0.15) is 226 Å². The molecule has 0 aromatic rings. The van der Waals surface area contributed by atoms with Gasteiger partial charge in [0, 0.05) is 0 Å². The fourth-order valence-corrected chi connectivity index (χ4v) is 6.63. The maximum atomic E-state index is 12.4. The Kier molecular flexibility index (Phi) is 38.7. The standard InChI is InChI=1S/C44H85NO4/c1-3-5-7-9-11-13-15-17-19-21-23-24-26-28-30-32-34-36-38-42(47)41(40-46)45-44(49)43(48)39-37-35-33-31-29-27-25-22-20-18-16-14-12-10-8-6-4-2/h36-39,41-43,46-48H,3-35,40H2,1-2H3,(H,45,49)/b38-36+,39-37+/t41-,42-,43-/m1/s1. The van der Waals surface area contributed by atoms with Gasteiger partial charge >= 0.3 is 0 Å². The van der Waals surface area contributed by atoms with Crippen LogP contribution in [0.3, 0.4) is 0 Å². The molecule has 5 heteroatoms. The van der Waals surface area contributed by atoms with Gasteiger partial charge in [-0.2, -0.15) is 0 Å². The van der Waals surface area contributed by atoms with E-state index in [0.717, 1.165) is 25.7 Å². The van der Waals surface area contributed by atoms with Crippen LogP contribution in [0.2, 0.25) is 0 Å². The number of hydrogen-bond acceptors (Lipinski definition) is 4. The molecule has 0 aromatic heterocycles. The lowest BCUT2D eigenvalue weighted by atomic mass is 10.0. The Morgan fingerprint density at radius 3 is 1.06 bits per heavy atom. The van der Waals surface area contributed by atoms with Crippen LogP contribution in [0.15, 0.2) is 24.3 Å². The third-order valence-corrected chi connectivity index (χ3v) is 10.1. The van der Waals surface area contributed by atoms with Gasteiger partial charge in [0.15, 0.2) is 6.10 Å². The second-order valence-corrected chi connectivity index (χ2v) is 14.9. The van der Waals surface area contributed by atoms with E-state index >= 15 is 0 Å². The van der Waals surface area contributed by atoms with Crippen molar-refractivity contribution >= 4 is 5.91 Å². The summed E-state index contributed by atoms with van der Waals surface area (Å²) in [6, 6.07) is -0.826. The smallest absolute Gasteiger partial charge is 0.253 e. The maximum Gasteiger partial charge on any atom is 0.253 e. The zero-order valence-electron chi connectivity index (χ0n) is 32.8. The first-order chi connectivity index (χ1) is 24.1. The minimum Gasteiger partial charge on any atom is -0.394 e. The largest absolute Gasteiger partial charge is 0.394 e. The van der Waals surface area contributed by atoms with Crippen molar-refractivity contribution in [3.8, 4) is 0 Å². The van der Waals surface area contributed by atoms with Crippen LogP contribution < -0.4 is 5.32 Å². The van der Waals surface area contributed by atoms with E-state index in [9.17, 15) is 20.1 Å². The van der Waals surface area contributed by atoms with E-state index in [4.69, 9.17) is 0 Å². The first-order valence-corrected chi connectivity index (χ1v) is 21.7. The van der Waals surface area contributed by atoms with E-state index in [1.165, 1.54) is 192 Å². The number of allylic oxidation sites excluding steroid dienone is 2. The van der Waals surface area contributed by atoms with E-state index in [1.54, 1.807) is 6.08 Å². The van der Waals surface area contributed by atoms with Gasteiger partial charge in [0.05, 0.1) is 18.8 Å². The van der Waals surface area contributed by atoms with Crippen molar-refractivity contribution in [2.45, 2.75) is 244 Å². The molecule has 0 fully saturated rings. The molecule has 0 heterocycles. The van der Waals surface area contributed by atoms with Gasteiger partial charge in [0.2, 0.25) is 0 Å². The fraction of sp³-hybridized carbons (Fsp3) is 0.886. The number of aliphatic hydroxyl groups is 3. The van der Waals surface area contributed by atoms with Gasteiger partial charge in [0.25, 0.3) is 5.91 Å². The summed E-state index contributed by atoms with van der Waals surface area (Å²) in [6.45, 7) is 4.17. The second-order valence-electron chi connectivity index (χ2n) is 14.9. The molecular formula is C44H85NO4. The molecule has 0 saturated carbocycles. The molecule has 0 unspecified atom stereocenters. The van der Waals surface area contributed by atoms with Crippen LogP contribution >= 0.6 is 0 Å². The van der Waals surface area contributed by atoms with Crippen molar-refractivity contribution in [2.75, 3.05) is 6.61 Å². The van der Waals surface area contributed by atoms with Gasteiger partial charge in [-0.05, 0) is 25.7 Å². The molecule has 0 rings (SSSR count). The molecular weight excluding hydrogens is 606 g/mol. The summed E-state index contributed by atoms with van der Waals surface area (Å²) < 4.78 is 0. The van der Waals surface area contributed by atoms with Crippen LogP contribution in [-0.4, -0.2) is 46.1 Å². The van der Waals surface area contributed by atoms with Gasteiger partial charge in [-0.25, -0.2) is 0 Å². The molecule has 49 heavy (non-hydrogen) atoms. The lowest BCUT2D eigenvalue weighted by molar-refractivity contribution is -0.128. The van der Waals surface area contributed by atoms with Crippen molar-refractivity contribution in [3.63, 3.8) is 0 Å². The van der Waals surface area contributed by atoms with Crippen LogP contribution in [0.5, 0.6) is 0 Å². The highest BCUT2D eigenvalue weighted by Gasteiger charge is 2.21. The number of carbonyl (C=O) groups is 1. The Morgan fingerprint density at radius 2 is 0.755 bits per heavy atom. The highest BCUT2D eigenvalue weighted by atomic mass is 16.3. The quantitative estimate of drug-likeness (QED) is 0.0381. The van der Waals surface area contributed by atoms with Crippen LogP contribution in [0.25, 0.3) is 0 Å². The van der Waals surface area contributed by atoms with Crippen molar-refractivity contribution in [1.29, 1.82) is 0 Å². The van der Waals surface area contributed by atoms with Crippen molar-refractivity contribution < 1.29 is 20.1 Å². The Morgan fingerprint density at radius 1 is 0.469 bits per heavy atom. The second kappa shape index (κ2) is 39.6. The molecule has 0 aliphatic rings. The SMILES string of the molecule is CCCCCCCCCCCCCCCCC/C=C/[C@@H](O)C(=O)N[C@H](CO)[C@H](O)/C=C/CCCCCCCCCCCCCCCCCC. The van der Waals surface area contributed by atoms with Gasteiger partial charge < -0.3 is 20.6 Å². The predicted molar refractivity (Wildman–Crippen MR) is 213 cm³/mol. The Bertz CT molecular complexity index is 724. The van der Waals surface area contributed by atoms with E-state index in [1.807, 2.05) is 12.2 Å². The number of amides is 1. The molecule has 1 amide bonds. The molecule has 290 valence electrons. The summed E-state index contributed by atoms with van der Waals surface area (Å²) in [7, 11) is 0. The van der Waals surface area contributed by atoms with Gasteiger partial charge in [-0.3, -0.25) is 4.79 Å². The third kappa shape index (κ3) is 35.0. The summed E-state index contributed by atoms with van der Waals surface area (Å²) in [6.07, 6.45) is 48.0. The average molecular weight is 692 g/mol. The van der Waals surface area contributed by atoms with Crippen molar-refractivity contribution in [1.82, 2.24) is 5.32 Å². The number of carbonyl (C=O) groups excluding carboxylic acids is 1. The Labute approximate surface area is 305 Å². The number of aliphatic hydroxyl groups excluding tert-OH is 3. The lowest BCUT2D eigenvalue weighted by Gasteiger charge is -2.20. The molecule has 5 nitrogen and oxygen atoms in total. The van der Waals surface area contributed by atoms with Crippen molar-refractivity contribution in [3.05, 3.63) is 24.3 Å². The molecule has 0 radical (unpaired) electrons. The molecule has 0 aliphatic carbocycles. The number of rotatable bonds is 39. The monoisotopic (exact) mass is 692 g/mol. The van der Waals surface area contributed by atoms with E-state index in [-0.39, 0.29) is 6.61 Å². The average Bonchev–Trinajstić information content (AvgIpc) is 3.11. The summed E-state index contributed by atoms with van der Waals surface area (Å²) >= 11 is 0. The summed E-state index contributed by atoms with van der Waals surface area (Å²) in [5, 5.41) is 33.0. The number of unbranched alkanes of at least 4 members (excludes halogenated alkanes) is 31. The summed E-state index contributed by atoms with van der Waals surface area (Å²) in [4.78, 5) is 12.4. The van der Waals surface area contributed by atoms with Crippen LogP contribution in [-0.2, 0) is 4.79 Å². The Hall–Kier alpha value is -1.17. The van der Waals surface area contributed by atoms with Crippen LogP contribution in [0, 0.1) is 0 Å². The summed E-state index contributed by atoms with van der Waals surface area (Å²) in [5.74, 6) is -0.586. The molecule has 0 saturated heterocycles. The van der Waals surface area contributed by atoms with Gasteiger partial charge in [-0.15, -0.1) is 0 Å². The Balaban J connectivity index is 3.71. The van der Waals surface area contributed by atoms with Gasteiger partial charge in [0.1, 0.15) is 0 Å². The number of hydrogen-bond donors (Lipinski definition) is 4. The maximum absolute atomic E-state index is 12.4. The minimum absolute atomic E-state index is 0.383. The number of nitrogens with one attached hydrogen (secondary N) is 1. The minimum atomic E-state index is -1.27. The molecule has 0 spiro atoms. The molecule has 4 N–H and O–H groups in total. The molecule has 0 aliphatic heterocycles. The van der Waals surface area contributed by atoms with E-state index in [2.05, 4.69) is 19.2 Å². The fourth-order valence-electron chi connectivity index (χ4n) is 6.63. The third-order valence-electron chi connectivity index (χ3n) is 10.1. The van der Waals surface area contributed by atoms with Crippen LogP contribution in [0.4, 0.5) is 0 Å². The molecule has 0 aromatic carbocycles. The predicted octanol–water partition coefficient (Wildman–Crippen LogP) is 12.2. The lowest BCUT2D eigenvalue weighted by Crippen LogP contribution is -2.48. The first kappa shape index (κ1) is 47.8. The van der Waals surface area contributed by atoms with Crippen molar-refractivity contribution in [2.24, 2.45) is 0 Å². The first-order valence-electron chi connectivity index (χ1n) is 21.7. The highest BCUT2D eigenvalue weighted by Crippen LogP contribution is 2.16. The normalized spacial score (nSPS) is 13.8. The van der Waals surface area contributed by atoms with Gasteiger partial charge in [-0.1, -0.05) is 224 Å². The molecule has 0 bridgehead atoms. The summed E-state index contributed by atoms with van der Waals surface area (Å²) in [5.41, 5.74) is 0. The topological polar surface area (TPSA) is 89.8 Å². The molecule has 3 atom stereocenters. The zero-order valence-corrected chi connectivity index (χ0v) is 32.8. The zero-order chi connectivity index (χ0) is 35.9. The van der Waals surface area contributed by atoms with E-state index in [0.29, 0.717) is 0 Å². The highest BCUT2D eigenvalue weighted by molar-refractivity contribution is 5.82.